The van der Waals surface area contributed by atoms with Gasteiger partial charge in [-0.25, -0.2) is 0 Å². The van der Waals surface area contributed by atoms with Gasteiger partial charge in [-0.15, -0.1) is 0 Å². The molecular formula is C14H24N+. The van der Waals surface area contributed by atoms with Gasteiger partial charge in [0.1, 0.15) is 5.69 Å². The Morgan fingerprint density at radius 2 is 1.47 bits per heavy atom. The average Bonchev–Trinajstić information content (AvgIpc) is 2.27. The number of benzene rings is 1. The normalized spacial score (nSPS) is 11.7. The largest absolute Gasteiger partial charge is 0.292 e. The fourth-order valence-corrected chi connectivity index (χ4v) is 2.32. The summed E-state index contributed by atoms with van der Waals surface area (Å²) in [6.45, 7) is 12.6. The van der Waals surface area contributed by atoms with E-state index in [2.05, 4.69) is 52.0 Å². The Morgan fingerprint density at radius 3 is 1.87 bits per heavy atom. The third kappa shape index (κ3) is 2.60. The molecule has 84 valence electrons. The van der Waals surface area contributed by atoms with Crippen LogP contribution in [0.2, 0.25) is 0 Å². The number of quaternary nitrogens is 1. The molecule has 1 rings (SSSR count). The van der Waals surface area contributed by atoms with Crippen LogP contribution in [0.25, 0.3) is 0 Å². The zero-order chi connectivity index (χ0) is 11.3. The van der Waals surface area contributed by atoms with Crippen molar-refractivity contribution >= 4 is 5.69 Å². The van der Waals surface area contributed by atoms with Gasteiger partial charge in [0.2, 0.25) is 0 Å². The summed E-state index contributed by atoms with van der Waals surface area (Å²) < 4.78 is 1.12. The van der Waals surface area contributed by atoms with Gasteiger partial charge in [0, 0.05) is 0 Å². The summed E-state index contributed by atoms with van der Waals surface area (Å²) in [5.74, 6) is 0. The lowest BCUT2D eigenvalue weighted by molar-refractivity contribution is 0.300. The van der Waals surface area contributed by atoms with Gasteiger partial charge >= 0.3 is 0 Å². The number of aryl methyl sites for hydroxylation is 1. The first-order valence-corrected chi connectivity index (χ1v) is 6.11. The van der Waals surface area contributed by atoms with Gasteiger partial charge in [0.05, 0.1) is 19.6 Å². The smallest absolute Gasteiger partial charge is 0.132 e. The monoisotopic (exact) mass is 206 g/mol. The van der Waals surface area contributed by atoms with E-state index in [1.165, 1.54) is 37.3 Å². The van der Waals surface area contributed by atoms with Crippen molar-refractivity contribution in [1.82, 2.24) is 4.48 Å². The summed E-state index contributed by atoms with van der Waals surface area (Å²) in [6, 6.07) is 9.03. The first kappa shape index (κ1) is 12.3. The maximum absolute atomic E-state index is 2.29. The zero-order valence-electron chi connectivity index (χ0n) is 10.6. The molecule has 1 heteroatoms. The first-order valence-electron chi connectivity index (χ1n) is 6.11. The molecule has 0 heterocycles. The van der Waals surface area contributed by atoms with Crippen molar-refractivity contribution in [3.05, 3.63) is 29.8 Å². The molecule has 1 aromatic carbocycles. The minimum Gasteiger partial charge on any atom is -0.292 e. The molecule has 0 aliphatic carbocycles. The molecule has 0 saturated carbocycles. The van der Waals surface area contributed by atoms with Gasteiger partial charge in [-0.3, -0.25) is 4.48 Å². The summed E-state index contributed by atoms with van der Waals surface area (Å²) >= 11 is 0. The van der Waals surface area contributed by atoms with E-state index in [0.29, 0.717) is 0 Å². The van der Waals surface area contributed by atoms with E-state index in [9.17, 15) is 0 Å². The third-order valence-corrected chi connectivity index (χ3v) is 3.44. The van der Waals surface area contributed by atoms with Gasteiger partial charge in [0.25, 0.3) is 0 Å². The summed E-state index contributed by atoms with van der Waals surface area (Å²) in [5.41, 5.74) is 2.81. The van der Waals surface area contributed by atoms with Crippen LogP contribution in [-0.4, -0.2) is 19.6 Å². The molecular weight excluding hydrogens is 182 g/mol. The predicted octanol–water partition coefficient (Wildman–Crippen LogP) is 3.75. The molecule has 0 fully saturated rings. The van der Waals surface area contributed by atoms with Crippen molar-refractivity contribution in [2.24, 2.45) is 0 Å². The second kappa shape index (κ2) is 5.32. The minimum absolute atomic E-state index is 1.12. The van der Waals surface area contributed by atoms with E-state index < -0.39 is 0 Å². The van der Waals surface area contributed by atoms with E-state index in [1.807, 2.05) is 0 Å². The molecule has 0 atom stereocenters. The molecule has 0 unspecified atom stereocenters. The Labute approximate surface area is 94.3 Å². The van der Waals surface area contributed by atoms with E-state index in [-0.39, 0.29) is 0 Å². The quantitative estimate of drug-likeness (QED) is 0.644. The second-order valence-electron chi connectivity index (χ2n) is 4.34. The Balaban J connectivity index is 3.02. The third-order valence-electron chi connectivity index (χ3n) is 3.44. The van der Waals surface area contributed by atoms with Gasteiger partial charge in [-0.2, -0.15) is 0 Å². The summed E-state index contributed by atoms with van der Waals surface area (Å²) in [7, 11) is 0. The van der Waals surface area contributed by atoms with Crippen LogP contribution in [-0.2, 0) is 0 Å². The van der Waals surface area contributed by atoms with Crippen LogP contribution in [0.1, 0.15) is 32.8 Å². The summed E-state index contributed by atoms with van der Waals surface area (Å²) in [4.78, 5) is 0. The standard InChI is InChI=1S/C14H24N/c1-5-12-15(6-2,7-3)14-10-8-13(4)9-11-14/h8-11H,5-7,12H2,1-4H3/q+1. The molecule has 0 aliphatic heterocycles. The van der Waals surface area contributed by atoms with Crippen LogP contribution in [0, 0.1) is 6.92 Å². The Hall–Kier alpha value is -0.820. The van der Waals surface area contributed by atoms with Gasteiger partial charge < -0.3 is 0 Å². The molecule has 0 aliphatic rings. The van der Waals surface area contributed by atoms with Crippen molar-refractivity contribution in [1.29, 1.82) is 0 Å². The predicted molar refractivity (Wildman–Crippen MR) is 69.2 cm³/mol. The fraction of sp³-hybridized carbons (Fsp3) is 0.571. The molecule has 15 heavy (non-hydrogen) atoms. The maximum atomic E-state index is 2.29. The first-order chi connectivity index (χ1) is 7.18. The lowest BCUT2D eigenvalue weighted by Gasteiger charge is -2.36. The Kier molecular flexibility index (Phi) is 4.34. The molecule has 0 saturated heterocycles. The van der Waals surface area contributed by atoms with E-state index in [4.69, 9.17) is 0 Å². The topological polar surface area (TPSA) is 0 Å². The number of hydrogen-bond donors (Lipinski definition) is 0. The lowest BCUT2D eigenvalue weighted by Crippen LogP contribution is -2.49. The van der Waals surface area contributed by atoms with Crippen LogP contribution in [0.3, 0.4) is 0 Å². The fourth-order valence-electron chi connectivity index (χ4n) is 2.32. The summed E-state index contributed by atoms with van der Waals surface area (Å²) in [6.07, 6.45) is 1.25. The lowest BCUT2D eigenvalue weighted by atomic mass is 10.1. The molecule has 0 radical (unpaired) electrons. The molecule has 1 aromatic rings. The summed E-state index contributed by atoms with van der Waals surface area (Å²) in [5, 5.41) is 0. The van der Waals surface area contributed by atoms with E-state index >= 15 is 0 Å². The number of hydrogen-bond acceptors (Lipinski definition) is 0. The van der Waals surface area contributed by atoms with Gasteiger partial charge in [0.15, 0.2) is 0 Å². The van der Waals surface area contributed by atoms with Gasteiger partial charge in [-0.1, -0.05) is 24.6 Å². The minimum atomic E-state index is 1.12. The highest BCUT2D eigenvalue weighted by atomic mass is 15.3. The average molecular weight is 206 g/mol. The van der Waals surface area contributed by atoms with E-state index in [1.54, 1.807) is 0 Å². The highest BCUT2D eigenvalue weighted by Gasteiger charge is 2.24. The molecule has 0 bridgehead atoms. The molecule has 0 aromatic heterocycles. The van der Waals surface area contributed by atoms with Crippen molar-refractivity contribution in [2.75, 3.05) is 19.6 Å². The molecule has 0 spiro atoms. The van der Waals surface area contributed by atoms with Crippen LogP contribution >= 0.6 is 0 Å². The molecule has 1 nitrogen and oxygen atoms in total. The zero-order valence-corrected chi connectivity index (χ0v) is 10.6. The van der Waals surface area contributed by atoms with Crippen molar-refractivity contribution < 1.29 is 0 Å². The van der Waals surface area contributed by atoms with Crippen LogP contribution in [0.5, 0.6) is 0 Å². The van der Waals surface area contributed by atoms with E-state index in [0.717, 1.165) is 4.48 Å². The Morgan fingerprint density at radius 1 is 0.933 bits per heavy atom. The molecule has 0 amide bonds. The number of nitrogens with zero attached hydrogens (tertiary/aromatic N) is 1. The Bertz CT molecular complexity index is 283. The SMILES string of the molecule is CCC[N+](CC)(CC)c1ccc(C)cc1. The van der Waals surface area contributed by atoms with Gasteiger partial charge in [-0.05, 0) is 39.3 Å². The van der Waals surface area contributed by atoms with Crippen molar-refractivity contribution in [2.45, 2.75) is 34.1 Å². The number of rotatable bonds is 5. The second-order valence-corrected chi connectivity index (χ2v) is 4.34. The molecule has 0 N–H and O–H groups in total. The van der Waals surface area contributed by atoms with Crippen molar-refractivity contribution in [3.63, 3.8) is 0 Å². The van der Waals surface area contributed by atoms with Crippen LogP contribution in [0.15, 0.2) is 24.3 Å². The van der Waals surface area contributed by atoms with Crippen LogP contribution < -0.4 is 4.48 Å². The highest BCUT2D eigenvalue weighted by molar-refractivity contribution is 5.44. The maximum Gasteiger partial charge on any atom is 0.132 e. The van der Waals surface area contributed by atoms with Crippen LogP contribution in [0.4, 0.5) is 5.69 Å². The highest BCUT2D eigenvalue weighted by Crippen LogP contribution is 2.23. The van der Waals surface area contributed by atoms with Crippen molar-refractivity contribution in [3.8, 4) is 0 Å².